The molecule has 0 aromatic heterocycles. The standard InChI is InChI=1S/C12H11Br2NO4/c1-12(2)11(17)15-8-7(14)5(10(16)18-3)4-6(13)9(8)19-12/h4H,1-3H3,(H,15,17). The number of fused-ring (bicyclic) bond motifs is 1. The van der Waals surface area contributed by atoms with E-state index in [1.165, 1.54) is 7.11 Å². The van der Waals surface area contributed by atoms with Crippen LogP contribution in [0.15, 0.2) is 15.0 Å². The van der Waals surface area contributed by atoms with Crippen LogP contribution in [0.1, 0.15) is 24.2 Å². The highest BCUT2D eigenvalue weighted by molar-refractivity contribution is 9.11. The summed E-state index contributed by atoms with van der Waals surface area (Å²) in [5, 5.41) is 2.73. The Kier molecular flexibility index (Phi) is 3.61. The Morgan fingerprint density at radius 2 is 2.05 bits per heavy atom. The van der Waals surface area contributed by atoms with Gasteiger partial charge in [-0.2, -0.15) is 0 Å². The molecular formula is C12H11Br2NO4. The lowest BCUT2D eigenvalue weighted by Gasteiger charge is -2.33. The number of nitrogens with one attached hydrogen (secondary N) is 1. The van der Waals surface area contributed by atoms with Crippen LogP contribution < -0.4 is 10.1 Å². The second-order valence-electron chi connectivity index (χ2n) is 4.48. The number of anilines is 1. The quantitative estimate of drug-likeness (QED) is 0.746. The molecule has 0 fully saturated rings. The lowest BCUT2D eigenvalue weighted by molar-refractivity contribution is -0.129. The summed E-state index contributed by atoms with van der Waals surface area (Å²) in [4.78, 5) is 23.6. The third-order valence-corrected chi connectivity index (χ3v) is 4.13. The zero-order valence-electron chi connectivity index (χ0n) is 10.5. The first kappa shape index (κ1) is 14.3. The van der Waals surface area contributed by atoms with Crippen molar-refractivity contribution in [1.29, 1.82) is 0 Å². The fourth-order valence-corrected chi connectivity index (χ4v) is 2.71. The Labute approximate surface area is 126 Å². The molecule has 5 nitrogen and oxygen atoms in total. The Bertz CT molecular complexity index is 584. The number of hydrogen-bond acceptors (Lipinski definition) is 4. The molecule has 0 unspecified atom stereocenters. The van der Waals surface area contributed by atoms with E-state index in [0.29, 0.717) is 25.9 Å². The van der Waals surface area contributed by atoms with Gasteiger partial charge in [0.2, 0.25) is 0 Å². The molecule has 2 rings (SSSR count). The van der Waals surface area contributed by atoms with E-state index in [-0.39, 0.29) is 5.91 Å². The predicted octanol–water partition coefficient (Wildman–Crippen LogP) is 3.11. The molecule has 0 atom stereocenters. The molecule has 0 radical (unpaired) electrons. The molecule has 19 heavy (non-hydrogen) atoms. The predicted molar refractivity (Wildman–Crippen MR) is 76.5 cm³/mol. The third kappa shape index (κ3) is 2.36. The van der Waals surface area contributed by atoms with Crippen LogP contribution in [0.3, 0.4) is 0 Å². The zero-order chi connectivity index (χ0) is 14.4. The van der Waals surface area contributed by atoms with E-state index in [4.69, 9.17) is 4.74 Å². The van der Waals surface area contributed by atoms with Gasteiger partial charge in [0.1, 0.15) is 5.69 Å². The summed E-state index contributed by atoms with van der Waals surface area (Å²) in [7, 11) is 1.29. The molecule has 7 heteroatoms. The largest absolute Gasteiger partial charge is 0.475 e. The van der Waals surface area contributed by atoms with Crippen LogP contribution in [0, 0.1) is 0 Å². The maximum absolute atomic E-state index is 11.9. The molecule has 1 heterocycles. The van der Waals surface area contributed by atoms with Crippen LogP contribution in [0.5, 0.6) is 5.75 Å². The van der Waals surface area contributed by atoms with Gasteiger partial charge in [-0.3, -0.25) is 4.79 Å². The summed E-state index contributed by atoms with van der Waals surface area (Å²) in [5.41, 5.74) is -0.252. The second kappa shape index (κ2) is 4.79. The fourth-order valence-electron chi connectivity index (χ4n) is 1.64. The van der Waals surface area contributed by atoms with Gasteiger partial charge in [-0.15, -0.1) is 0 Å². The lowest BCUT2D eigenvalue weighted by Crippen LogP contribution is -2.46. The normalized spacial score (nSPS) is 16.2. The summed E-state index contributed by atoms with van der Waals surface area (Å²) in [5.74, 6) is -0.312. The summed E-state index contributed by atoms with van der Waals surface area (Å²) >= 11 is 6.62. The number of carbonyl (C=O) groups is 2. The summed E-state index contributed by atoms with van der Waals surface area (Å²) in [6.07, 6.45) is 0. The molecule has 102 valence electrons. The van der Waals surface area contributed by atoms with Gasteiger partial charge in [-0.25, -0.2) is 4.79 Å². The van der Waals surface area contributed by atoms with Crippen molar-refractivity contribution in [3.63, 3.8) is 0 Å². The maximum Gasteiger partial charge on any atom is 0.339 e. The van der Waals surface area contributed by atoms with Crippen LogP contribution in [0.2, 0.25) is 0 Å². The molecule has 0 saturated carbocycles. The number of amides is 1. The van der Waals surface area contributed by atoms with E-state index < -0.39 is 11.6 Å². The number of methoxy groups -OCH3 is 1. The summed E-state index contributed by atoms with van der Waals surface area (Å²) in [6.45, 7) is 3.33. The van der Waals surface area contributed by atoms with Crippen LogP contribution >= 0.6 is 31.9 Å². The van der Waals surface area contributed by atoms with Crippen molar-refractivity contribution < 1.29 is 19.1 Å². The van der Waals surface area contributed by atoms with Crippen molar-refractivity contribution in [2.24, 2.45) is 0 Å². The van der Waals surface area contributed by atoms with Crippen LogP contribution in [-0.4, -0.2) is 24.6 Å². The number of benzene rings is 1. The lowest BCUT2D eigenvalue weighted by atomic mass is 10.0. The van der Waals surface area contributed by atoms with E-state index in [1.54, 1.807) is 19.9 Å². The van der Waals surface area contributed by atoms with E-state index in [2.05, 4.69) is 41.9 Å². The number of ether oxygens (including phenoxy) is 2. The number of carbonyl (C=O) groups excluding carboxylic acids is 2. The average Bonchev–Trinajstić information content (AvgIpc) is 2.35. The van der Waals surface area contributed by atoms with E-state index in [1.807, 2.05) is 0 Å². The molecule has 0 bridgehead atoms. The molecule has 1 aromatic carbocycles. The molecular weight excluding hydrogens is 382 g/mol. The molecule has 1 aromatic rings. The third-order valence-electron chi connectivity index (χ3n) is 2.72. The Morgan fingerprint density at radius 1 is 1.42 bits per heavy atom. The first-order chi connectivity index (χ1) is 8.77. The minimum atomic E-state index is -0.970. The molecule has 1 aliphatic rings. The van der Waals surface area contributed by atoms with E-state index >= 15 is 0 Å². The van der Waals surface area contributed by atoms with Crippen molar-refractivity contribution >= 4 is 49.4 Å². The molecule has 0 aliphatic carbocycles. The van der Waals surface area contributed by atoms with Crippen molar-refractivity contribution in [2.75, 3.05) is 12.4 Å². The first-order valence-electron chi connectivity index (χ1n) is 5.38. The summed E-state index contributed by atoms with van der Waals surface area (Å²) < 4.78 is 11.4. The highest BCUT2D eigenvalue weighted by Gasteiger charge is 2.38. The molecule has 1 amide bonds. The van der Waals surface area contributed by atoms with Gasteiger partial charge in [0, 0.05) is 0 Å². The number of rotatable bonds is 1. The van der Waals surface area contributed by atoms with Gasteiger partial charge in [0.05, 0.1) is 21.6 Å². The SMILES string of the molecule is COC(=O)c1cc(Br)c2c(c1Br)NC(=O)C(C)(C)O2. The highest BCUT2D eigenvalue weighted by Crippen LogP contribution is 2.45. The fraction of sp³-hybridized carbons (Fsp3) is 0.333. The van der Waals surface area contributed by atoms with Crippen LogP contribution in [-0.2, 0) is 9.53 Å². The molecule has 1 N–H and O–H groups in total. The van der Waals surface area contributed by atoms with E-state index in [9.17, 15) is 9.59 Å². The van der Waals surface area contributed by atoms with Gasteiger partial charge in [0.25, 0.3) is 5.91 Å². The minimum Gasteiger partial charge on any atom is -0.475 e. The van der Waals surface area contributed by atoms with Crippen molar-refractivity contribution in [1.82, 2.24) is 0 Å². The van der Waals surface area contributed by atoms with Gasteiger partial charge < -0.3 is 14.8 Å². The van der Waals surface area contributed by atoms with Gasteiger partial charge >= 0.3 is 5.97 Å². The Hall–Kier alpha value is -1.08. The Morgan fingerprint density at radius 3 is 2.63 bits per heavy atom. The van der Waals surface area contributed by atoms with Crippen molar-refractivity contribution in [3.05, 3.63) is 20.6 Å². The highest BCUT2D eigenvalue weighted by atomic mass is 79.9. The Balaban J connectivity index is 2.62. The number of esters is 1. The smallest absolute Gasteiger partial charge is 0.339 e. The summed E-state index contributed by atoms with van der Waals surface area (Å²) in [6, 6.07) is 1.59. The second-order valence-corrected chi connectivity index (χ2v) is 6.13. The monoisotopic (exact) mass is 391 g/mol. The van der Waals surface area contributed by atoms with Crippen LogP contribution in [0.4, 0.5) is 5.69 Å². The van der Waals surface area contributed by atoms with Crippen LogP contribution in [0.25, 0.3) is 0 Å². The zero-order valence-corrected chi connectivity index (χ0v) is 13.6. The minimum absolute atomic E-state index is 0.283. The number of halogens is 2. The topological polar surface area (TPSA) is 64.6 Å². The number of hydrogen-bond donors (Lipinski definition) is 1. The maximum atomic E-state index is 11.9. The van der Waals surface area contributed by atoms with Crippen molar-refractivity contribution in [2.45, 2.75) is 19.4 Å². The molecule has 1 aliphatic heterocycles. The first-order valence-corrected chi connectivity index (χ1v) is 6.97. The van der Waals surface area contributed by atoms with E-state index in [0.717, 1.165) is 0 Å². The molecule has 0 saturated heterocycles. The van der Waals surface area contributed by atoms with Gasteiger partial charge in [0.15, 0.2) is 11.4 Å². The van der Waals surface area contributed by atoms with Gasteiger partial charge in [-0.05, 0) is 51.8 Å². The van der Waals surface area contributed by atoms with Gasteiger partial charge in [-0.1, -0.05) is 0 Å². The molecule has 0 spiro atoms. The average molecular weight is 393 g/mol. The van der Waals surface area contributed by atoms with Crippen molar-refractivity contribution in [3.8, 4) is 5.75 Å².